The molecule has 0 saturated heterocycles. The highest BCUT2D eigenvalue weighted by atomic mass is 35.5. The number of halogens is 1. The third-order valence-electron chi connectivity index (χ3n) is 2.50. The molecule has 19 heavy (non-hydrogen) atoms. The third-order valence-corrected chi connectivity index (χ3v) is 2.83. The van der Waals surface area contributed by atoms with E-state index in [0.29, 0.717) is 5.02 Å². The van der Waals surface area contributed by atoms with Crippen molar-refractivity contribution in [2.45, 2.75) is 0 Å². The molecule has 0 fully saturated rings. The van der Waals surface area contributed by atoms with Crippen LogP contribution in [0.4, 0.5) is 4.79 Å². The van der Waals surface area contributed by atoms with Crippen molar-refractivity contribution in [1.29, 1.82) is 0 Å². The number of rotatable bonds is 3. The molecular weight excluding hydrogens is 262 g/mol. The Bertz CT molecular complexity index is 626. The molecule has 0 unspecified atom stereocenters. The minimum atomic E-state index is -0.702. The summed E-state index contributed by atoms with van der Waals surface area (Å²) in [7, 11) is 0. The Hall–Kier alpha value is -2.33. The maximum absolute atomic E-state index is 10.6. The number of primary amides is 1. The topological polar surface area (TPSA) is 67.5 Å². The lowest BCUT2D eigenvalue weighted by Gasteiger charge is -2.07. The van der Waals surface area contributed by atoms with Gasteiger partial charge in [-0.15, -0.1) is 0 Å². The van der Waals surface area contributed by atoms with Crippen molar-refractivity contribution in [3.63, 3.8) is 0 Å². The average Bonchev–Trinajstić information content (AvgIpc) is 2.40. The predicted molar refractivity (Wildman–Crippen MR) is 77.2 cm³/mol. The number of amides is 2. The number of hydrazone groups is 1. The molecule has 2 amide bonds. The van der Waals surface area contributed by atoms with E-state index in [2.05, 4.69) is 10.5 Å². The van der Waals surface area contributed by atoms with Crippen molar-refractivity contribution in [3.05, 3.63) is 59.1 Å². The molecule has 0 saturated carbocycles. The summed E-state index contributed by atoms with van der Waals surface area (Å²) in [4.78, 5) is 10.6. The number of nitrogens with two attached hydrogens (primary N) is 1. The maximum atomic E-state index is 10.6. The number of hydrogen-bond acceptors (Lipinski definition) is 2. The number of hydrogen-bond donors (Lipinski definition) is 2. The molecule has 0 aliphatic rings. The molecule has 0 atom stereocenters. The highest BCUT2D eigenvalue weighted by Gasteiger charge is 2.06. The summed E-state index contributed by atoms with van der Waals surface area (Å²) in [5.41, 5.74) is 9.79. The van der Waals surface area contributed by atoms with Gasteiger partial charge in [-0.25, -0.2) is 10.2 Å². The fraction of sp³-hybridized carbons (Fsp3) is 0. The van der Waals surface area contributed by atoms with E-state index in [0.717, 1.165) is 16.7 Å². The quantitative estimate of drug-likeness (QED) is 0.655. The molecule has 2 aromatic carbocycles. The lowest BCUT2D eigenvalue weighted by molar-refractivity contribution is 0.249. The van der Waals surface area contributed by atoms with Crippen LogP contribution in [-0.2, 0) is 0 Å². The van der Waals surface area contributed by atoms with Crippen molar-refractivity contribution in [2.75, 3.05) is 0 Å². The molecule has 0 spiro atoms. The molecule has 0 radical (unpaired) electrons. The van der Waals surface area contributed by atoms with Crippen molar-refractivity contribution in [3.8, 4) is 11.1 Å². The normalized spacial score (nSPS) is 10.6. The molecule has 0 bridgehead atoms. The largest absolute Gasteiger partial charge is 0.350 e. The first-order valence-electron chi connectivity index (χ1n) is 5.61. The second-order valence-electron chi connectivity index (χ2n) is 3.80. The zero-order valence-electron chi connectivity index (χ0n) is 10.0. The summed E-state index contributed by atoms with van der Waals surface area (Å²) in [6.45, 7) is 0. The van der Waals surface area contributed by atoms with Crippen molar-refractivity contribution >= 4 is 23.8 Å². The molecule has 2 rings (SSSR count). The number of carbonyl (C=O) groups is 1. The van der Waals surface area contributed by atoms with Crippen LogP contribution in [0.2, 0.25) is 5.02 Å². The van der Waals surface area contributed by atoms with Crippen molar-refractivity contribution in [2.24, 2.45) is 10.8 Å². The molecule has 96 valence electrons. The van der Waals surface area contributed by atoms with Gasteiger partial charge in [-0.3, -0.25) is 0 Å². The van der Waals surface area contributed by atoms with Crippen LogP contribution in [-0.4, -0.2) is 12.2 Å². The number of benzene rings is 2. The van der Waals surface area contributed by atoms with Crippen LogP contribution in [0.1, 0.15) is 5.56 Å². The number of nitrogens with zero attached hydrogens (tertiary/aromatic N) is 1. The van der Waals surface area contributed by atoms with Gasteiger partial charge in [0.05, 0.1) is 6.21 Å². The minimum absolute atomic E-state index is 0.659. The summed E-state index contributed by atoms with van der Waals surface area (Å²) in [6.07, 6.45) is 1.53. The fourth-order valence-corrected chi connectivity index (χ4v) is 1.94. The Morgan fingerprint density at radius 2 is 1.74 bits per heavy atom. The molecule has 3 N–H and O–H groups in total. The second kappa shape index (κ2) is 6.02. The summed E-state index contributed by atoms with van der Waals surface area (Å²) < 4.78 is 0. The average molecular weight is 274 g/mol. The Morgan fingerprint density at radius 1 is 1.11 bits per heavy atom. The highest BCUT2D eigenvalue weighted by molar-refractivity contribution is 6.33. The summed E-state index contributed by atoms with van der Waals surface area (Å²) >= 11 is 6.18. The van der Waals surface area contributed by atoms with Gasteiger partial charge < -0.3 is 5.73 Å². The number of urea groups is 1. The van der Waals surface area contributed by atoms with Gasteiger partial charge in [-0.2, -0.15) is 5.10 Å². The van der Waals surface area contributed by atoms with Crippen LogP contribution < -0.4 is 11.2 Å². The van der Waals surface area contributed by atoms with Gasteiger partial charge in [0.1, 0.15) is 0 Å². The van der Waals surface area contributed by atoms with Crippen LogP contribution in [0.25, 0.3) is 11.1 Å². The first kappa shape index (κ1) is 13.1. The molecule has 0 aromatic heterocycles. The Balaban J connectivity index is 2.39. The van der Waals surface area contributed by atoms with Gasteiger partial charge in [-0.05, 0) is 11.6 Å². The van der Waals surface area contributed by atoms with E-state index < -0.39 is 6.03 Å². The number of carbonyl (C=O) groups excluding carboxylic acids is 1. The maximum Gasteiger partial charge on any atom is 0.332 e. The van der Waals surface area contributed by atoms with Crippen molar-refractivity contribution in [1.82, 2.24) is 5.43 Å². The lowest BCUT2D eigenvalue weighted by Crippen LogP contribution is -2.24. The first-order chi connectivity index (χ1) is 9.18. The zero-order chi connectivity index (χ0) is 13.7. The van der Waals surface area contributed by atoms with Gasteiger partial charge in [0.15, 0.2) is 0 Å². The monoisotopic (exact) mass is 273 g/mol. The van der Waals surface area contributed by atoms with Crippen LogP contribution in [0.5, 0.6) is 0 Å². The third kappa shape index (κ3) is 3.33. The van der Waals surface area contributed by atoms with Crippen molar-refractivity contribution < 1.29 is 4.79 Å². The molecule has 5 heteroatoms. The Kier molecular flexibility index (Phi) is 4.15. The van der Waals surface area contributed by atoms with E-state index in [1.54, 1.807) is 0 Å². The van der Waals surface area contributed by atoms with Crippen LogP contribution in [0.3, 0.4) is 0 Å². The fourth-order valence-electron chi connectivity index (χ4n) is 1.70. The molecule has 4 nitrogen and oxygen atoms in total. The van der Waals surface area contributed by atoms with Gasteiger partial charge in [0.2, 0.25) is 0 Å². The highest BCUT2D eigenvalue weighted by Crippen LogP contribution is 2.29. The summed E-state index contributed by atoms with van der Waals surface area (Å²) in [5.74, 6) is 0. The van der Waals surface area contributed by atoms with E-state index >= 15 is 0 Å². The summed E-state index contributed by atoms with van der Waals surface area (Å²) in [6, 6.07) is 14.4. The number of nitrogens with one attached hydrogen (secondary N) is 1. The van der Waals surface area contributed by atoms with E-state index in [1.165, 1.54) is 6.21 Å². The molecule has 2 aromatic rings. The van der Waals surface area contributed by atoms with Gasteiger partial charge >= 0.3 is 6.03 Å². The van der Waals surface area contributed by atoms with Gasteiger partial charge in [0.25, 0.3) is 0 Å². The van der Waals surface area contributed by atoms with Gasteiger partial charge in [-0.1, -0.05) is 54.1 Å². The smallest absolute Gasteiger partial charge is 0.332 e. The Labute approximate surface area is 115 Å². The molecular formula is C14H12ClN3O. The molecule has 0 aliphatic heterocycles. The SMILES string of the molecule is NC(=O)NN=Cc1ccccc1-c1ccccc1Cl. The molecule has 0 aliphatic carbocycles. The predicted octanol–water partition coefficient (Wildman–Crippen LogP) is 3.01. The van der Waals surface area contributed by atoms with E-state index in [4.69, 9.17) is 17.3 Å². The van der Waals surface area contributed by atoms with Gasteiger partial charge in [0, 0.05) is 16.1 Å². The van der Waals surface area contributed by atoms with E-state index in [1.807, 2.05) is 48.5 Å². The van der Waals surface area contributed by atoms with Crippen LogP contribution in [0, 0.1) is 0 Å². The first-order valence-corrected chi connectivity index (χ1v) is 5.98. The van der Waals surface area contributed by atoms with Crippen LogP contribution >= 0.6 is 11.6 Å². The van der Waals surface area contributed by atoms with E-state index in [-0.39, 0.29) is 0 Å². The Morgan fingerprint density at radius 3 is 2.42 bits per heavy atom. The standard InChI is InChI=1S/C14H12ClN3O/c15-13-8-4-3-7-12(13)11-6-2-1-5-10(11)9-17-18-14(16)19/h1-9H,(H3,16,18,19). The zero-order valence-corrected chi connectivity index (χ0v) is 10.8. The lowest BCUT2D eigenvalue weighted by atomic mass is 10.0. The summed E-state index contributed by atoms with van der Waals surface area (Å²) in [5, 5.41) is 4.42. The minimum Gasteiger partial charge on any atom is -0.350 e. The van der Waals surface area contributed by atoms with Crippen LogP contribution in [0.15, 0.2) is 53.6 Å². The van der Waals surface area contributed by atoms with E-state index in [9.17, 15) is 4.79 Å². The molecule has 0 heterocycles. The second-order valence-corrected chi connectivity index (χ2v) is 4.21.